The second-order valence-electron chi connectivity index (χ2n) is 6.00. The van der Waals surface area contributed by atoms with E-state index in [2.05, 4.69) is 22.4 Å². The first-order chi connectivity index (χ1) is 11.1. The molecule has 0 spiro atoms. The molecule has 1 aliphatic heterocycles. The van der Waals surface area contributed by atoms with E-state index in [0.29, 0.717) is 23.1 Å². The summed E-state index contributed by atoms with van der Waals surface area (Å²) in [6.07, 6.45) is 2.24. The van der Waals surface area contributed by atoms with Crippen LogP contribution in [-0.2, 0) is 13.7 Å². The molecule has 7 heteroatoms. The van der Waals surface area contributed by atoms with Gasteiger partial charge in [-0.3, -0.25) is 4.79 Å². The number of piperidine rings is 1. The lowest BCUT2D eigenvalue weighted by molar-refractivity contribution is 0.0678. The van der Waals surface area contributed by atoms with Crippen LogP contribution >= 0.6 is 0 Å². The van der Waals surface area contributed by atoms with Gasteiger partial charge in [0.2, 0.25) is 0 Å². The van der Waals surface area contributed by atoms with Crippen LogP contribution in [0.5, 0.6) is 5.75 Å². The normalized spacial score (nSPS) is 18.0. The Morgan fingerprint density at radius 3 is 2.96 bits per heavy atom. The average Bonchev–Trinajstić information content (AvgIpc) is 2.97. The van der Waals surface area contributed by atoms with E-state index in [1.807, 2.05) is 29.2 Å². The molecule has 1 amide bonds. The molecule has 2 heterocycles. The maximum Gasteiger partial charge on any atom is 0.257 e. The van der Waals surface area contributed by atoms with Crippen LogP contribution in [0.15, 0.2) is 24.3 Å². The number of aryl methyl sites for hydroxylation is 1. The molecule has 0 unspecified atom stereocenters. The molecule has 1 aromatic carbocycles. The SMILES string of the molecule is C[C@H]1CCCN(C(=O)c2ccccc2OCc2nnnn2C)C1. The maximum atomic E-state index is 12.8. The van der Waals surface area contributed by atoms with Gasteiger partial charge in [-0.2, -0.15) is 0 Å². The van der Waals surface area contributed by atoms with Crippen molar-refractivity contribution in [2.45, 2.75) is 26.4 Å². The van der Waals surface area contributed by atoms with E-state index in [1.54, 1.807) is 11.7 Å². The first-order valence-corrected chi connectivity index (χ1v) is 7.87. The van der Waals surface area contributed by atoms with E-state index >= 15 is 0 Å². The molecule has 1 saturated heterocycles. The third-order valence-corrected chi connectivity index (χ3v) is 4.13. The number of ether oxygens (including phenoxy) is 1. The molecule has 1 aromatic heterocycles. The average molecular weight is 315 g/mol. The Kier molecular flexibility index (Phi) is 4.55. The molecule has 7 nitrogen and oxygen atoms in total. The summed E-state index contributed by atoms with van der Waals surface area (Å²) in [5.74, 6) is 1.76. The lowest BCUT2D eigenvalue weighted by Crippen LogP contribution is -2.39. The number of rotatable bonds is 4. The highest BCUT2D eigenvalue weighted by molar-refractivity contribution is 5.97. The van der Waals surface area contributed by atoms with Gasteiger partial charge < -0.3 is 9.64 Å². The largest absolute Gasteiger partial charge is 0.485 e. The lowest BCUT2D eigenvalue weighted by atomic mass is 9.99. The minimum Gasteiger partial charge on any atom is -0.485 e. The second kappa shape index (κ2) is 6.76. The number of nitrogens with zero attached hydrogens (tertiary/aromatic N) is 5. The number of likely N-dealkylation sites (tertiary alicyclic amines) is 1. The molecular weight excluding hydrogens is 294 g/mol. The highest BCUT2D eigenvalue weighted by Gasteiger charge is 2.24. The molecule has 0 radical (unpaired) electrons. The van der Waals surface area contributed by atoms with Crippen LogP contribution in [-0.4, -0.2) is 44.1 Å². The van der Waals surface area contributed by atoms with Crippen molar-refractivity contribution in [3.63, 3.8) is 0 Å². The van der Waals surface area contributed by atoms with Crippen molar-refractivity contribution in [1.29, 1.82) is 0 Å². The Morgan fingerprint density at radius 1 is 1.39 bits per heavy atom. The van der Waals surface area contributed by atoms with Crippen LogP contribution in [0.25, 0.3) is 0 Å². The fourth-order valence-electron chi connectivity index (χ4n) is 2.83. The van der Waals surface area contributed by atoms with Gasteiger partial charge in [0.05, 0.1) is 5.56 Å². The first kappa shape index (κ1) is 15.5. The zero-order valence-electron chi connectivity index (χ0n) is 13.5. The van der Waals surface area contributed by atoms with E-state index in [4.69, 9.17) is 4.74 Å². The third kappa shape index (κ3) is 3.49. The molecule has 0 N–H and O–H groups in total. The van der Waals surface area contributed by atoms with Crippen LogP contribution in [0.2, 0.25) is 0 Å². The van der Waals surface area contributed by atoms with E-state index in [-0.39, 0.29) is 12.5 Å². The van der Waals surface area contributed by atoms with Crippen LogP contribution in [0.4, 0.5) is 0 Å². The smallest absolute Gasteiger partial charge is 0.257 e. The lowest BCUT2D eigenvalue weighted by Gasteiger charge is -2.31. The molecular formula is C16H21N5O2. The van der Waals surface area contributed by atoms with E-state index in [1.165, 1.54) is 6.42 Å². The number of amides is 1. The number of tetrazole rings is 1. The molecule has 1 atom stereocenters. The Hall–Kier alpha value is -2.44. The predicted molar refractivity (Wildman–Crippen MR) is 83.9 cm³/mol. The Balaban J connectivity index is 1.74. The fraction of sp³-hybridized carbons (Fsp3) is 0.500. The van der Waals surface area contributed by atoms with Crippen molar-refractivity contribution >= 4 is 5.91 Å². The van der Waals surface area contributed by atoms with Crippen LogP contribution in [0.3, 0.4) is 0 Å². The van der Waals surface area contributed by atoms with Crippen LogP contribution in [0, 0.1) is 5.92 Å². The Bertz CT molecular complexity index is 685. The zero-order chi connectivity index (χ0) is 16.2. The van der Waals surface area contributed by atoms with Gasteiger partial charge in [-0.25, -0.2) is 4.68 Å². The predicted octanol–water partition coefficient (Wildman–Crippen LogP) is 1.66. The van der Waals surface area contributed by atoms with Gasteiger partial charge in [0.25, 0.3) is 5.91 Å². The zero-order valence-corrected chi connectivity index (χ0v) is 13.5. The number of carbonyl (C=O) groups is 1. The monoisotopic (exact) mass is 315 g/mol. The first-order valence-electron chi connectivity index (χ1n) is 7.87. The number of para-hydroxylation sites is 1. The summed E-state index contributed by atoms with van der Waals surface area (Å²) in [5.41, 5.74) is 0.594. The molecule has 1 aliphatic rings. The molecule has 23 heavy (non-hydrogen) atoms. The summed E-state index contributed by atoms with van der Waals surface area (Å²) in [4.78, 5) is 14.7. The van der Waals surface area contributed by atoms with Gasteiger partial charge in [-0.05, 0) is 41.3 Å². The molecule has 0 aliphatic carbocycles. The molecule has 2 aromatic rings. The van der Waals surface area contributed by atoms with E-state index < -0.39 is 0 Å². The third-order valence-electron chi connectivity index (χ3n) is 4.13. The van der Waals surface area contributed by atoms with Gasteiger partial charge in [-0.1, -0.05) is 19.1 Å². The summed E-state index contributed by atoms with van der Waals surface area (Å²) >= 11 is 0. The Morgan fingerprint density at radius 2 is 2.22 bits per heavy atom. The number of benzene rings is 1. The Labute approximate surface area is 135 Å². The topological polar surface area (TPSA) is 73.1 Å². The molecule has 3 rings (SSSR count). The number of hydrogen-bond donors (Lipinski definition) is 0. The molecule has 0 saturated carbocycles. The van der Waals surface area contributed by atoms with Crippen molar-refractivity contribution < 1.29 is 9.53 Å². The summed E-state index contributed by atoms with van der Waals surface area (Å²) in [6.45, 7) is 4.03. The quantitative estimate of drug-likeness (QED) is 0.858. The fourth-order valence-corrected chi connectivity index (χ4v) is 2.83. The highest BCUT2D eigenvalue weighted by atomic mass is 16.5. The van der Waals surface area contributed by atoms with Gasteiger partial charge in [0, 0.05) is 20.1 Å². The van der Waals surface area contributed by atoms with Crippen molar-refractivity contribution in [2.24, 2.45) is 13.0 Å². The van der Waals surface area contributed by atoms with E-state index in [9.17, 15) is 4.79 Å². The number of hydrogen-bond acceptors (Lipinski definition) is 5. The van der Waals surface area contributed by atoms with Gasteiger partial charge in [0.1, 0.15) is 12.4 Å². The van der Waals surface area contributed by atoms with Crippen molar-refractivity contribution in [3.8, 4) is 5.75 Å². The number of aromatic nitrogens is 4. The minimum atomic E-state index is 0.0308. The van der Waals surface area contributed by atoms with Gasteiger partial charge >= 0.3 is 0 Å². The summed E-state index contributed by atoms with van der Waals surface area (Å²) < 4.78 is 7.34. The molecule has 1 fully saturated rings. The summed E-state index contributed by atoms with van der Waals surface area (Å²) in [6, 6.07) is 7.34. The van der Waals surface area contributed by atoms with Crippen molar-refractivity contribution in [1.82, 2.24) is 25.1 Å². The standard InChI is InChI=1S/C16H21N5O2/c1-12-6-5-9-21(10-12)16(22)13-7-3-4-8-14(13)23-11-15-17-18-19-20(15)2/h3-4,7-8,12H,5-6,9-11H2,1-2H3/t12-/m0/s1. The second-order valence-corrected chi connectivity index (χ2v) is 6.00. The highest BCUT2D eigenvalue weighted by Crippen LogP contribution is 2.24. The summed E-state index contributed by atoms with van der Waals surface area (Å²) in [5, 5.41) is 11.2. The van der Waals surface area contributed by atoms with Crippen molar-refractivity contribution in [3.05, 3.63) is 35.7 Å². The van der Waals surface area contributed by atoms with Crippen molar-refractivity contribution in [2.75, 3.05) is 13.1 Å². The van der Waals surface area contributed by atoms with E-state index in [0.717, 1.165) is 19.5 Å². The maximum absolute atomic E-state index is 12.8. The molecule has 0 bridgehead atoms. The van der Waals surface area contributed by atoms with Gasteiger partial charge in [0.15, 0.2) is 5.82 Å². The molecule has 122 valence electrons. The van der Waals surface area contributed by atoms with Crippen LogP contribution in [0.1, 0.15) is 35.9 Å². The number of carbonyl (C=O) groups excluding carboxylic acids is 1. The minimum absolute atomic E-state index is 0.0308. The van der Waals surface area contributed by atoms with Gasteiger partial charge in [-0.15, -0.1) is 5.10 Å². The van der Waals surface area contributed by atoms with Crippen LogP contribution < -0.4 is 4.74 Å². The summed E-state index contributed by atoms with van der Waals surface area (Å²) in [7, 11) is 1.75.